The van der Waals surface area contributed by atoms with Crippen LogP contribution in [0.5, 0.6) is 0 Å². The van der Waals surface area contributed by atoms with E-state index < -0.39 is 5.60 Å². The molecule has 0 unspecified atom stereocenters. The summed E-state index contributed by atoms with van der Waals surface area (Å²) in [5, 5.41) is 11.7. The molecule has 2 aliphatic rings. The summed E-state index contributed by atoms with van der Waals surface area (Å²) in [6, 6.07) is 10.6. The standard InChI is InChI=1S/C19H28O/c20-19(16-10-4-1-5-11-16,17-12-6-2-7-13-17)18-14-8-3-9-15-18/h1,4-5,10-11,17-18,20H,2-3,6-9,12-15H2. The Morgan fingerprint density at radius 2 is 1.15 bits per heavy atom. The van der Waals surface area contributed by atoms with Gasteiger partial charge in [-0.3, -0.25) is 0 Å². The van der Waals surface area contributed by atoms with Crippen molar-refractivity contribution in [1.29, 1.82) is 0 Å². The third-order valence-electron chi connectivity index (χ3n) is 5.69. The Hall–Kier alpha value is -0.820. The van der Waals surface area contributed by atoms with E-state index in [2.05, 4.69) is 30.3 Å². The molecule has 0 aromatic heterocycles. The van der Waals surface area contributed by atoms with Crippen LogP contribution >= 0.6 is 0 Å². The third-order valence-corrected chi connectivity index (χ3v) is 5.69. The maximum atomic E-state index is 11.7. The number of hydrogen-bond acceptors (Lipinski definition) is 1. The summed E-state index contributed by atoms with van der Waals surface area (Å²) in [4.78, 5) is 0. The van der Waals surface area contributed by atoms with Gasteiger partial charge in [0.2, 0.25) is 0 Å². The van der Waals surface area contributed by atoms with Crippen LogP contribution in [0.15, 0.2) is 30.3 Å². The van der Waals surface area contributed by atoms with Crippen molar-refractivity contribution in [2.45, 2.75) is 69.8 Å². The molecular formula is C19H28O. The topological polar surface area (TPSA) is 20.2 Å². The quantitative estimate of drug-likeness (QED) is 0.817. The molecule has 0 heterocycles. The van der Waals surface area contributed by atoms with Crippen molar-refractivity contribution in [2.75, 3.05) is 0 Å². The Kier molecular flexibility index (Phi) is 4.45. The van der Waals surface area contributed by atoms with Crippen LogP contribution in [0.25, 0.3) is 0 Å². The Morgan fingerprint density at radius 3 is 1.60 bits per heavy atom. The molecular weight excluding hydrogens is 244 g/mol. The Bertz CT molecular complexity index is 381. The molecule has 0 bridgehead atoms. The lowest BCUT2D eigenvalue weighted by Gasteiger charge is -2.46. The minimum absolute atomic E-state index is 0.474. The minimum Gasteiger partial charge on any atom is -0.385 e. The second-order valence-corrected chi connectivity index (χ2v) is 6.86. The lowest BCUT2D eigenvalue weighted by molar-refractivity contribution is -0.0989. The van der Waals surface area contributed by atoms with Gasteiger partial charge in [0.1, 0.15) is 0 Å². The van der Waals surface area contributed by atoms with Crippen LogP contribution in [0.2, 0.25) is 0 Å². The van der Waals surface area contributed by atoms with Crippen LogP contribution < -0.4 is 0 Å². The summed E-state index contributed by atoms with van der Waals surface area (Å²) in [6.07, 6.45) is 12.7. The third kappa shape index (κ3) is 2.65. The second kappa shape index (κ2) is 6.30. The van der Waals surface area contributed by atoms with Crippen LogP contribution in [0.3, 0.4) is 0 Å². The lowest BCUT2D eigenvalue weighted by Crippen LogP contribution is -2.44. The molecule has 0 atom stereocenters. The molecule has 1 heteroatoms. The van der Waals surface area contributed by atoms with Gasteiger partial charge in [-0.25, -0.2) is 0 Å². The molecule has 0 radical (unpaired) electrons. The summed E-state index contributed by atoms with van der Waals surface area (Å²) < 4.78 is 0. The molecule has 0 amide bonds. The molecule has 0 saturated heterocycles. The fourth-order valence-electron chi connectivity index (χ4n) is 4.60. The van der Waals surface area contributed by atoms with E-state index in [4.69, 9.17) is 0 Å². The van der Waals surface area contributed by atoms with Crippen LogP contribution in [0.4, 0.5) is 0 Å². The Morgan fingerprint density at radius 1 is 0.700 bits per heavy atom. The van der Waals surface area contributed by atoms with Crippen molar-refractivity contribution < 1.29 is 5.11 Å². The molecule has 3 rings (SSSR count). The summed E-state index contributed by atoms with van der Waals surface area (Å²) in [6.45, 7) is 0. The van der Waals surface area contributed by atoms with Crippen LogP contribution in [-0.4, -0.2) is 5.11 Å². The number of aliphatic hydroxyl groups is 1. The van der Waals surface area contributed by atoms with E-state index >= 15 is 0 Å². The van der Waals surface area contributed by atoms with E-state index in [9.17, 15) is 5.11 Å². The van der Waals surface area contributed by atoms with E-state index in [1.807, 2.05) is 0 Å². The van der Waals surface area contributed by atoms with Gasteiger partial charge in [-0.15, -0.1) is 0 Å². The van der Waals surface area contributed by atoms with E-state index in [-0.39, 0.29) is 0 Å². The first-order valence-electron chi connectivity index (χ1n) is 8.59. The van der Waals surface area contributed by atoms with E-state index in [1.165, 1.54) is 69.8 Å². The maximum Gasteiger partial charge on any atom is 0.0952 e. The highest BCUT2D eigenvalue weighted by Gasteiger charge is 2.45. The molecule has 2 aliphatic carbocycles. The summed E-state index contributed by atoms with van der Waals surface area (Å²) in [7, 11) is 0. The average Bonchev–Trinajstić information content (AvgIpc) is 2.56. The first-order valence-corrected chi connectivity index (χ1v) is 8.59. The van der Waals surface area contributed by atoms with Gasteiger partial charge in [0.15, 0.2) is 0 Å². The molecule has 1 aromatic carbocycles. The Labute approximate surface area is 123 Å². The molecule has 2 fully saturated rings. The first-order chi connectivity index (χ1) is 9.82. The minimum atomic E-state index is -0.567. The van der Waals surface area contributed by atoms with Gasteiger partial charge >= 0.3 is 0 Å². The molecule has 0 aliphatic heterocycles. The van der Waals surface area contributed by atoms with Gasteiger partial charge in [0.05, 0.1) is 5.60 Å². The van der Waals surface area contributed by atoms with Gasteiger partial charge in [-0.1, -0.05) is 68.9 Å². The van der Waals surface area contributed by atoms with Gasteiger partial charge in [0, 0.05) is 0 Å². The van der Waals surface area contributed by atoms with Crippen molar-refractivity contribution in [3.05, 3.63) is 35.9 Å². The fourth-order valence-corrected chi connectivity index (χ4v) is 4.60. The zero-order chi connectivity index (χ0) is 13.8. The van der Waals surface area contributed by atoms with Gasteiger partial charge in [-0.05, 0) is 43.1 Å². The van der Waals surface area contributed by atoms with Crippen molar-refractivity contribution >= 4 is 0 Å². The summed E-state index contributed by atoms with van der Waals surface area (Å²) in [5.74, 6) is 0.948. The molecule has 20 heavy (non-hydrogen) atoms. The van der Waals surface area contributed by atoms with Gasteiger partial charge in [0.25, 0.3) is 0 Å². The predicted octanol–water partition coefficient (Wildman–Crippen LogP) is 5.03. The van der Waals surface area contributed by atoms with Crippen LogP contribution in [0.1, 0.15) is 69.8 Å². The Balaban J connectivity index is 1.92. The number of hydrogen-bond donors (Lipinski definition) is 1. The summed E-state index contributed by atoms with van der Waals surface area (Å²) in [5.41, 5.74) is 0.612. The van der Waals surface area contributed by atoms with E-state index in [0.717, 1.165) is 0 Å². The second-order valence-electron chi connectivity index (χ2n) is 6.86. The zero-order valence-electron chi connectivity index (χ0n) is 12.6. The molecule has 2 saturated carbocycles. The average molecular weight is 272 g/mol. The van der Waals surface area contributed by atoms with Crippen LogP contribution in [-0.2, 0) is 5.60 Å². The summed E-state index contributed by atoms with van der Waals surface area (Å²) >= 11 is 0. The maximum absolute atomic E-state index is 11.7. The van der Waals surface area contributed by atoms with Crippen LogP contribution in [0, 0.1) is 11.8 Å². The SMILES string of the molecule is OC(c1ccccc1)(C1CCCCC1)C1CCCCC1. The van der Waals surface area contributed by atoms with Gasteiger partial charge < -0.3 is 5.11 Å². The van der Waals surface area contributed by atoms with E-state index in [1.54, 1.807) is 0 Å². The number of rotatable bonds is 3. The van der Waals surface area contributed by atoms with Gasteiger partial charge in [-0.2, -0.15) is 0 Å². The monoisotopic (exact) mass is 272 g/mol. The predicted molar refractivity (Wildman–Crippen MR) is 83.5 cm³/mol. The largest absolute Gasteiger partial charge is 0.385 e. The fraction of sp³-hybridized carbons (Fsp3) is 0.684. The zero-order valence-corrected chi connectivity index (χ0v) is 12.6. The van der Waals surface area contributed by atoms with Crippen molar-refractivity contribution in [3.8, 4) is 0 Å². The molecule has 1 nitrogen and oxygen atoms in total. The number of benzene rings is 1. The highest BCUT2D eigenvalue weighted by molar-refractivity contribution is 5.25. The highest BCUT2D eigenvalue weighted by Crippen LogP contribution is 2.48. The highest BCUT2D eigenvalue weighted by atomic mass is 16.3. The first kappa shape index (κ1) is 14.1. The van der Waals surface area contributed by atoms with Crippen molar-refractivity contribution in [1.82, 2.24) is 0 Å². The smallest absolute Gasteiger partial charge is 0.0952 e. The van der Waals surface area contributed by atoms with Crippen molar-refractivity contribution in [2.24, 2.45) is 11.8 Å². The molecule has 110 valence electrons. The molecule has 0 spiro atoms. The van der Waals surface area contributed by atoms with E-state index in [0.29, 0.717) is 11.8 Å². The normalized spacial score (nSPS) is 22.9. The molecule has 1 aromatic rings. The van der Waals surface area contributed by atoms with Crippen molar-refractivity contribution in [3.63, 3.8) is 0 Å². The lowest BCUT2D eigenvalue weighted by atomic mass is 9.63. The molecule has 1 N–H and O–H groups in total.